The average Bonchev–Trinajstić information content (AvgIpc) is 2.49. The largest absolute Gasteiger partial charge is 0.508 e. The number of nitrogens with one attached hydrogen (secondary N) is 1. The molecule has 1 amide bonds. The molecule has 0 aromatic heterocycles. The van der Waals surface area contributed by atoms with E-state index in [-0.39, 0.29) is 17.6 Å². The van der Waals surface area contributed by atoms with Gasteiger partial charge < -0.3 is 15.2 Å². The van der Waals surface area contributed by atoms with E-state index in [1.165, 1.54) is 0 Å². The van der Waals surface area contributed by atoms with Gasteiger partial charge in [-0.05, 0) is 36.8 Å². The van der Waals surface area contributed by atoms with Gasteiger partial charge >= 0.3 is 0 Å². The van der Waals surface area contributed by atoms with Gasteiger partial charge in [0, 0.05) is 11.3 Å². The Balaban J connectivity index is 1.80. The number of benzene rings is 2. The number of fused-ring (bicyclic) bond motifs is 1. The summed E-state index contributed by atoms with van der Waals surface area (Å²) in [6, 6.07) is 14.1. The lowest BCUT2D eigenvalue weighted by Gasteiger charge is -2.25. The van der Waals surface area contributed by atoms with E-state index in [0.717, 1.165) is 11.3 Å². The first kappa shape index (κ1) is 12.5. The minimum atomic E-state index is -0.200. The van der Waals surface area contributed by atoms with Crippen LogP contribution in [-0.2, 0) is 4.79 Å². The summed E-state index contributed by atoms with van der Waals surface area (Å²) >= 11 is 0. The van der Waals surface area contributed by atoms with E-state index in [0.29, 0.717) is 18.7 Å². The molecule has 0 spiro atoms. The fourth-order valence-corrected chi connectivity index (χ4v) is 2.39. The predicted octanol–water partition coefficient (Wildman–Crippen LogP) is 2.90. The third-order valence-corrected chi connectivity index (χ3v) is 3.41. The van der Waals surface area contributed by atoms with Crippen molar-refractivity contribution in [3.63, 3.8) is 0 Å². The molecule has 0 saturated carbocycles. The van der Waals surface area contributed by atoms with E-state index >= 15 is 0 Å². The van der Waals surface area contributed by atoms with Crippen molar-refractivity contribution in [2.45, 2.75) is 12.3 Å². The minimum Gasteiger partial charge on any atom is -0.508 e. The number of amides is 1. The Morgan fingerprint density at radius 2 is 1.90 bits per heavy atom. The van der Waals surface area contributed by atoms with E-state index in [1.54, 1.807) is 24.3 Å². The zero-order chi connectivity index (χ0) is 13.9. The van der Waals surface area contributed by atoms with Gasteiger partial charge in [0.25, 0.3) is 0 Å². The quantitative estimate of drug-likeness (QED) is 0.824. The standard InChI is InChI=1S/C16H15NO3/c18-12-7-5-11(6-8-12)17-16(19)14-9-10-20-15-4-2-1-3-13(14)15/h1-8,14,18H,9-10H2,(H,17,19). The van der Waals surface area contributed by atoms with Crippen LogP contribution in [0.3, 0.4) is 0 Å². The second-order valence-electron chi connectivity index (χ2n) is 4.76. The molecule has 2 aromatic rings. The van der Waals surface area contributed by atoms with Gasteiger partial charge in [-0.15, -0.1) is 0 Å². The van der Waals surface area contributed by atoms with Crippen molar-refractivity contribution in [1.82, 2.24) is 0 Å². The van der Waals surface area contributed by atoms with Crippen molar-refractivity contribution in [2.75, 3.05) is 11.9 Å². The molecule has 2 N–H and O–H groups in total. The molecular formula is C16H15NO3. The molecule has 4 heteroatoms. The first-order chi connectivity index (χ1) is 9.74. The van der Waals surface area contributed by atoms with E-state index in [2.05, 4.69) is 5.32 Å². The highest BCUT2D eigenvalue weighted by atomic mass is 16.5. The van der Waals surface area contributed by atoms with Gasteiger partial charge in [-0.25, -0.2) is 0 Å². The van der Waals surface area contributed by atoms with E-state index in [9.17, 15) is 9.90 Å². The Morgan fingerprint density at radius 1 is 1.15 bits per heavy atom. The molecule has 0 radical (unpaired) electrons. The lowest BCUT2D eigenvalue weighted by atomic mass is 9.92. The Kier molecular flexibility index (Phi) is 3.29. The number of anilines is 1. The zero-order valence-electron chi connectivity index (χ0n) is 10.9. The van der Waals surface area contributed by atoms with Gasteiger partial charge in [-0.1, -0.05) is 18.2 Å². The number of phenols is 1. The van der Waals surface area contributed by atoms with Crippen molar-refractivity contribution in [2.24, 2.45) is 0 Å². The Labute approximate surface area is 117 Å². The second-order valence-corrected chi connectivity index (χ2v) is 4.76. The van der Waals surface area contributed by atoms with Crippen molar-refractivity contribution in [3.05, 3.63) is 54.1 Å². The maximum atomic E-state index is 12.4. The van der Waals surface area contributed by atoms with Crippen LogP contribution in [0.1, 0.15) is 17.9 Å². The lowest BCUT2D eigenvalue weighted by molar-refractivity contribution is -0.118. The molecule has 1 atom stereocenters. The number of hydrogen-bond donors (Lipinski definition) is 2. The highest BCUT2D eigenvalue weighted by Crippen LogP contribution is 2.34. The van der Waals surface area contributed by atoms with Crippen molar-refractivity contribution in [1.29, 1.82) is 0 Å². The maximum absolute atomic E-state index is 12.4. The average molecular weight is 269 g/mol. The summed E-state index contributed by atoms with van der Waals surface area (Å²) in [5, 5.41) is 12.1. The third-order valence-electron chi connectivity index (χ3n) is 3.41. The van der Waals surface area contributed by atoms with Crippen molar-refractivity contribution >= 4 is 11.6 Å². The molecule has 20 heavy (non-hydrogen) atoms. The number of para-hydroxylation sites is 1. The number of hydrogen-bond acceptors (Lipinski definition) is 3. The number of carbonyl (C=O) groups excluding carboxylic acids is 1. The molecule has 4 nitrogen and oxygen atoms in total. The fourth-order valence-electron chi connectivity index (χ4n) is 2.39. The topological polar surface area (TPSA) is 58.6 Å². The maximum Gasteiger partial charge on any atom is 0.232 e. The molecule has 0 bridgehead atoms. The van der Waals surface area contributed by atoms with Crippen LogP contribution in [0.4, 0.5) is 5.69 Å². The fraction of sp³-hybridized carbons (Fsp3) is 0.188. The molecule has 0 saturated heterocycles. The summed E-state index contributed by atoms with van der Waals surface area (Å²) < 4.78 is 5.56. The molecule has 2 aromatic carbocycles. The van der Waals surface area contributed by atoms with Crippen molar-refractivity contribution < 1.29 is 14.6 Å². The Morgan fingerprint density at radius 3 is 2.70 bits per heavy atom. The molecule has 1 aliphatic heterocycles. The molecular weight excluding hydrogens is 254 g/mol. The predicted molar refractivity (Wildman–Crippen MR) is 76.0 cm³/mol. The summed E-state index contributed by atoms with van der Waals surface area (Å²) in [6.07, 6.45) is 0.668. The Hall–Kier alpha value is -2.49. The number of carbonyl (C=O) groups is 1. The monoisotopic (exact) mass is 269 g/mol. The molecule has 1 heterocycles. The molecule has 0 aliphatic carbocycles. The van der Waals surface area contributed by atoms with Crippen LogP contribution in [0.2, 0.25) is 0 Å². The van der Waals surface area contributed by atoms with Crippen LogP contribution in [0.15, 0.2) is 48.5 Å². The lowest BCUT2D eigenvalue weighted by Crippen LogP contribution is -2.26. The van der Waals surface area contributed by atoms with Gasteiger partial charge in [0.2, 0.25) is 5.91 Å². The third kappa shape index (κ3) is 2.45. The van der Waals surface area contributed by atoms with Crippen LogP contribution in [0, 0.1) is 0 Å². The summed E-state index contributed by atoms with van der Waals surface area (Å²) in [5.74, 6) is 0.712. The van der Waals surface area contributed by atoms with E-state index < -0.39 is 0 Å². The summed E-state index contributed by atoms with van der Waals surface area (Å²) in [4.78, 5) is 12.4. The van der Waals surface area contributed by atoms with Gasteiger partial charge in [0.15, 0.2) is 0 Å². The number of aromatic hydroxyl groups is 1. The van der Waals surface area contributed by atoms with Gasteiger partial charge in [0.05, 0.1) is 12.5 Å². The number of phenolic OH excluding ortho intramolecular Hbond substituents is 1. The number of rotatable bonds is 2. The first-order valence-corrected chi connectivity index (χ1v) is 6.55. The Bertz CT molecular complexity index is 622. The summed E-state index contributed by atoms with van der Waals surface area (Å²) in [5.41, 5.74) is 1.60. The summed E-state index contributed by atoms with van der Waals surface area (Å²) in [7, 11) is 0. The number of ether oxygens (including phenoxy) is 1. The van der Waals surface area contributed by atoms with Crippen LogP contribution >= 0.6 is 0 Å². The second kappa shape index (κ2) is 5.25. The molecule has 1 unspecified atom stereocenters. The van der Waals surface area contributed by atoms with Gasteiger partial charge in [0.1, 0.15) is 11.5 Å². The van der Waals surface area contributed by atoms with Crippen molar-refractivity contribution in [3.8, 4) is 11.5 Å². The summed E-state index contributed by atoms with van der Waals surface area (Å²) in [6.45, 7) is 0.546. The van der Waals surface area contributed by atoms with E-state index in [1.807, 2.05) is 24.3 Å². The molecule has 0 fully saturated rings. The molecule has 102 valence electrons. The van der Waals surface area contributed by atoms with Gasteiger partial charge in [-0.3, -0.25) is 4.79 Å². The minimum absolute atomic E-state index is 0.0496. The van der Waals surface area contributed by atoms with Crippen LogP contribution in [0.25, 0.3) is 0 Å². The first-order valence-electron chi connectivity index (χ1n) is 6.55. The van der Waals surface area contributed by atoms with Crippen LogP contribution in [-0.4, -0.2) is 17.6 Å². The normalized spacial score (nSPS) is 16.9. The molecule has 1 aliphatic rings. The van der Waals surface area contributed by atoms with Crippen LogP contribution < -0.4 is 10.1 Å². The van der Waals surface area contributed by atoms with E-state index in [4.69, 9.17) is 4.74 Å². The SMILES string of the molecule is O=C(Nc1ccc(O)cc1)C1CCOc2ccccc21. The van der Waals surface area contributed by atoms with Crippen LogP contribution in [0.5, 0.6) is 11.5 Å². The van der Waals surface area contributed by atoms with Gasteiger partial charge in [-0.2, -0.15) is 0 Å². The smallest absolute Gasteiger partial charge is 0.232 e. The highest BCUT2D eigenvalue weighted by Gasteiger charge is 2.27. The molecule has 3 rings (SSSR count). The zero-order valence-corrected chi connectivity index (χ0v) is 10.9. The highest BCUT2D eigenvalue weighted by molar-refractivity contribution is 5.96.